The maximum Gasteiger partial charge on any atom is 0.272 e. The summed E-state index contributed by atoms with van der Waals surface area (Å²) in [6, 6.07) is 5.45. The Morgan fingerprint density at radius 2 is 2.47 bits per heavy atom. The van der Waals surface area contributed by atoms with Crippen LogP contribution in [0, 0.1) is 0 Å². The third kappa shape index (κ3) is 3.22. The first kappa shape index (κ1) is 12.9. The zero-order valence-electron chi connectivity index (χ0n) is 9.73. The monoisotopic (exact) mass is 314 g/mol. The van der Waals surface area contributed by atoms with Crippen LogP contribution in [0.5, 0.6) is 0 Å². The molecule has 1 fully saturated rings. The van der Waals surface area contributed by atoms with Gasteiger partial charge < -0.3 is 4.90 Å². The molecule has 1 aromatic heterocycles. The Morgan fingerprint density at radius 3 is 3.18 bits per heavy atom. The predicted octanol–water partition coefficient (Wildman–Crippen LogP) is 2.81. The van der Waals surface area contributed by atoms with Gasteiger partial charge in [-0.3, -0.25) is 4.79 Å². The first-order valence-electron chi connectivity index (χ1n) is 5.74. The van der Waals surface area contributed by atoms with Gasteiger partial charge in [-0.15, -0.1) is 0 Å². The van der Waals surface area contributed by atoms with Crippen molar-refractivity contribution in [3.63, 3.8) is 0 Å². The third-order valence-electron chi connectivity index (χ3n) is 2.82. The first-order valence-corrected chi connectivity index (χ1v) is 7.58. The van der Waals surface area contributed by atoms with Crippen LogP contribution in [0.4, 0.5) is 0 Å². The second kappa shape index (κ2) is 5.87. The summed E-state index contributed by atoms with van der Waals surface area (Å²) in [5.41, 5.74) is 0.529. The van der Waals surface area contributed by atoms with Gasteiger partial charge >= 0.3 is 0 Å². The largest absolute Gasteiger partial charge is 0.335 e. The lowest BCUT2D eigenvalue weighted by Gasteiger charge is -2.31. The molecular weight excluding hydrogens is 300 g/mol. The molecule has 0 aliphatic carbocycles. The fourth-order valence-electron chi connectivity index (χ4n) is 1.84. The van der Waals surface area contributed by atoms with Crippen LogP contribution in [0.25, 0.3) is 0 Å². The normalized spacial score (nSPS) is 20.4. The Kier molecular flexibility index (Phi) is 4.45. The van der Waals surface area contributed by atoms with Gasteiger partial charge in [0.25, 0.3) is 5.91 Å². The van der Waals surface area contributed by atoms with Crippen molar-refractivity contribution in [3.05, 3.63) is 28.5 Å². The first-order chi connectivity index (χ1) is 8.20. The van der Waals surface area contributed by atoms with Crippen molar-refractivity contribution in [1.29, 1.82) is 0 Å². The third-order valence-corrected chi connectivity index (χ3v) is 4.63. The van der Waals surface area contributed by atoms with E-state index >= 15 is 0 Å². The topological polar surface area (TPSA) is 33.2 Å². The average Bonchev–Trinajstić information content (AvgIpc) is 2.38. The molecule has 2 rings (SSSR count). The van der Waals surface area contributed by atoms with Gasteiger partial charge in [-0.05, 0) is 34.5 Å². The summed E-state index contributed by atoms with van der Waals surface area (Å²) in [5, 5.41) is 0.569. The lowest BCUT2D eigenvalue weighted by molar-refractivity contribution is 0.0755. The number of aromatic nitrogens is 1. The number of hydrogen-bond acceptors (Lipinski definition) is 3. The number of amides is 1. The van der Waals surface area contributed by atoms with Crippen LogP contribution in [0.2, 0.25) is 0 Å². The van der Waals surface area contributed by atoms with Crippen molar-refractivity contribution in [3.8, 4) is 0 Å². The molecule has 0 bridgehead atoms. The summed E-state index contributed by atoms with van der Waals surface area (Å²) in [7, 11) is 0. The molecule has 1 aliphatic rings. The van der Waals surface area contributed by atoms with Crippen LogP contribution < -0.4 is 0 Å². The highest BCUT2D eigenvalue weighted by molar-refractivity contribution is 9.10. The summed E-state index contributed by atoms with van der Waals surface area (Å²) >= 11 is 5.25. The molecule has 17 heavy (non-hydrogen) atoms. The minimum absolute atomic E-state index is 0.0463. The number of nitrogens with zero attached hydrogens (tertiary/aromatic N) is 2. The van der Waals surface area contributed by atoms with E-state index in [1.165, 1.54) is 0 Å². The summed E-state index contributed by atoms with van der Waals surface area (Å²) in [6.45, 7) is 3.84. The Balaban J connectivity index is 2.09. The fraction of sp³-hybridized carbons (Fsp3) is 0.500. The molecule has 2 heterocycles. The molecule has 0 saturated carbocycles. The van der Waals surface area contributed by atoms with Crippen molar-refractivity contribution in [2.75, 3.05) is 18.8 Å². The molecule has 0 radical (unpaired) electrons. The van der Waals surface area contributed by atoms with Gasteiger partial charge in [0.15, 0.2) is 0 Å². The van der Waals surface area contributed by atoms with E-state index in [2.05, 4.69) is 27.8 Å². The van der Waals surface area contributed by atoms with E-state index in [1.807, 2.05) is 28.8 Å². The minimum atomic E-state index is 0.0463. The number of carbonyl (C=O) groups excluding carboxylic acids is 1. The Labute approximate surface area is 114 Å². The molecule has 3 nitrogen and oxygen atoms in total. The van der Waals surface area contributed by atoms with Crippen molar-refractivity contribution >= 4 is 33.6 Å². The molecule has 0 aromatic carbocycles. The van der Waals surface area contributed by atoms with Crippen LogP contribution >= 0.6 is 27.7 Å². The molecule has 1 aromatic rings. The van der Waals surface area contributed by atoms with Crippen LogP contribution in [-0.4, -0.2) is 39.9 Å². The van der Waals surface area contributed by atoms with Gasteiger partial charge in [0.05, 0.1) is 0 Å². The summed E-state index contributed by atoms with van der Waals surface area (Å²) < 4.78 is 0.710. The number of rotatable bonds is 2. The molecular formula is C12H15BrN2OS. The highest BCUT2D eigenvalue weighted by atomic mass is 79.9. The van der Waals surface area contributed by atoms with Gasteiger partial charge in [-0.1, -0.05) is 13.0 Å². The molecule has 1 atom stereocenters. The second-order valence-corrected chi connectivity index (χ2v) is 6.22. The van der Waals surface area contributed by atoms with Gasteiger partial charge in [0, 0.05) is 24.1 Å². The molecule has 1 saturated heterocycles. The number of carbonyl (C=O) groups is 1. The van der Waals surface area contributed by atoms with Crippen LogP contribution in [0.15, 0.2) is 22.8 Å². The Bertz CT molecular complexity index is 413. The van der Waals surface area contributed by atoms with Crippen LogP contribution in [-0.2, 0) is 0 Å². The zero-order valence-corrected chi connectivity index (χ0v) is 12.1. The molecule has 92 valence electrons. The number of thioether (sulfide) groups is 1. The Morgan fingerprint density at radius 1 is 1.65 bits per heavy atom. The van der Waals surface area contributed by atoms with Crippen molar-refractivity contribution in [2.24, 2.45) is 0 Å². The molecule has 1 aliphatic heterocycles. The van der Waals surface area contributed by atoms with E-state index in [-0.39, 0.29) is 5.91 Å². The molecule has 5 heteroatoms. The van der Waals surface area contributed by atoms with Crippen molar-refractivity contribution in [1.82, 2.24) is 9.88 Å². The van der Waals surface area contributed by atoms with E-state index in [9.17, 15) is 4.79 Å². The van der Waals surface area contributed by atoms with Gasteiger partial charge in [-0.25, -0.2) is 4.98 Å². The molecule has 1 amide bonds. The fourth-order valence-corrected chi connectivity index (χ4v) is 3.36. The van der Waals surface area contributed by atoms with Gasteiger partial charge in [0.1, 0.15) is 10.3 Å². The standard InChI is InChI=1S/C12H15BrN2OS/c1-2-9-8-15(6-7-17-9)12(16)10-4-3-5-11(13)14-10/h3-5,9H,2,6-8H2,1H3. The number of hydrogen-bond donors (Lipinski definition) is 0. The van der Waals surface area contributed by atoms with Gasteiger partial charge in [0.2, 0.25) is 0 Å². The average molecular weight is 315 g/mol. The Hall–Kier alpha value is -0.550. The van der Waals surface area contributed by atoms with Crippen molar-refractivity contribution in [2.45, 2.75) is 18.6 Å². The number of halogens is 1. The van der Waals surface area contributed by atoms with E-state index in [4.69, 9.17) is 0 Å². The van der Waals surface area contributed by atoms with E-state index < -0.39 is 0 Å². The predicted molar refractivity (Wildman–Crippen MR) is 74.4 cm³/mol. The maximum atomic E-state index is 12.2. The quantitative estimate of drug-likeness (QED) is 0.787. The second-order valence-electron chi connectivity index (χ2n) is 4.00. The molecule has 0 N–H and O–H groups in total. The molecule has 1 unspecified atom stereocenters. The van der Waals surface area contributed by atoms with E-state index in [1.54, 1.807) is 6.07 Å². The lowest BCUT2D eigenvalue weighted by Crippen LogP contribution is -2.42. The summed E-state index contributed by atoms with van der Waals surface area (Å²) in [5.74, 6) is 1.07. The number of pyridine rings is 1. The zero-order chi connectivity index (χ0) is 12.3. The maximum absolute atomic E-state index is 12.2. The lowest BCUT2D eigenvalue weighted by atomic mass is 10.2. The highest BCUT2D eigenvalue weighted by Gasteiger charge is 2.24. The smallest absolute Gasteiger partial charge is 0.272 e. The van der Waals surface area contributed by atoms with E-state index in [0.717, 1.165) is 25.3 Å². The summed E-state index contributed by atoms with van der Waals surface area (Å²) in [6.07, 6.45) is 1.11. The minimum Gasteiger partial charge on any atom is -0.335 e. The van der Waals surface area contributed by atoms with E-state index in [0.29, 0.717) is 15.5 Å². The van der Waals surface area contributed by atoms with Gasteiger partial charge in [-0.2, -0.15) is 11.8 Å². The SMILES string of the molecule is CCC1CN(C(=O)c2cccc(Br)n2)CCS1. The highest BCUT2D eigenvalue weighted by Crippen LogP contribution is 2.22. The van der Waals surface area contributed by atoms with Crippen molar-refractivity contribution < 1.29 is 4.79 Å². The van der Waals surface area contributed by atoms with Crippen LogP contribution in [0.1, 0.15) is 23.8 Å². The van der Waals surface area contributed by atoms with Crippen LogP contribution in [0.3, 0.4) is 0 Å². The molecule has 0 spiro atoms. The summed E-state index contributed by atoms with van der Waals surface area (Å²) in [4.78, 5) is 18.4.